The van der Waals surface area contributed by atoms with Crippen molar-refractivity contribution >= 4 is 0 Å². The van der Waals surface area contributed by atoms with E-state index in [1.54, 1.807) is 0 Å². The molecular formula is C10H19N3O. The van der Waals surface area contributed by atoms with Crippen LogP contribution in [0.3, 0.4) is 0 Å². The van der Waals surface area contributed by atoms with E-state index in [4.69, 9.17) is 4.52 Å². The van der Waals surface area contributed by atoms with Crippen LogP contribution in [0.1, 0.15) is 39.4 Å². The second-order valence-electron chi connectivity index (χ2n) is 4.24. The predicted molar refractivity (Wildman–Crippen MR) is 54.8 cm³/mol. The first-order valence-corrected chi connectivity index (χ1v) is 5.12. The van der Waals surface area contributed by atoms with Crippen LogP contribution >= 0.6 is 0 Å². The maximum absolute atomic E-state index is 5.11. The highest BCUT2D eigenvalue weighted by Gasteiger charge is 2.07. The predicted octanol–water partition coefficient (Wildman–Crippen LogP) is 1.77. The summed E-state index contributed by atoms with van der Waals surface area (Å²) in [5, 5.41) is 7.14. The number of nitrogens with one attached hydrogen (secondary N) is 1. The van der Waals surface area contributed by atoms with E-state index in [0.29, 0.717) is 18.5 Å². The molecule has 0 amide bonds. The van der Waals surface area contributed by atoms with Crippen LogP contribution in [0.25, 0.3) is 0 Å². The van der Waals surface area contributed by atoms with Gasteiger partial charge in [0, 0.05) is 12.5 Å². The zero-order valence-electron chi connectivity index (χ0n) is 9.37. The molecule has 1 N–H and O–H groups in total. The summed E-state index contributed by atoms with van der Waals surface area (Å²) in [5.74, 6) is 2.04. The van der Waals surface area contributed by atoms with Crippen LogP contribution in [0.2, 0.25) is 0 Å². The Labute approximate surface area is 85.1 Å². The van der Waals surface area contributed by atoms with Gasteiger partial charge in [0.1, 0.15) is 0 Å². The molecular weight excluding hydrogens is 178 g/mol. The molecule has 1 aromatic heterocycles. The van der Waals surface area contributed by atoms with Gasteiger partial charge in [0.15, 0.2) is 5.82 Å². The smallest absolute Gasteiger partial charge is 0.226 e. The summed E-state index contributed by atoms with van der Waals surface area (Å²) in [5.41, 5.74) is 0. The summed E-state index contributed by atoms with van der Waals surface area (Å²) in [4.78, 5) is 4.28. The number of nitrogens with zero attached hydrogens (tertiary/aromatic N) is 2. The molecule has 0 radical (unpaired) electrons. The minimum atomic E-state index is 0.446. The molecule has 1 rings (SSSR count). The van der Waals surface area contributed by atoms with E-state index < -0.39 is 0 Å². The average molecular weight is 197 g/mol. The van der Waals surface area contributed by atoms with Crippen molar-refractivity contribution in [2.75, 3.05) is 0 Å². The van der Waals surface area contributed by atoms with E-state index in [9.17, 15) is 0 Å². The van der Waals surface area contributed by atoms with Crippen molar-refractivity contribution in [2.45, 2.75) is 46.7 Å². The maximum Gasteiger partial charge on any atom is 0.226 e. The third-order valence-corrected chi connectivity index (χ3v) is 1.76. The quantitative estimate of drug-likeness (QED) is 0.781. The number of rotatable bonds is 5. The van der Waals surface area contributed by atoms with Crippen LogP contribution in [0.15, 0.2) is 4.52 Å². The van der Waals surface area contributed by atoms with Gasteiger partial charge in [-0.05, 0) is 5.92 Å². The van der Waals surface area contributed by atoms with Crippen molar-refractivity contribution in [3.8, 4) is 0 Å². The van der Waals surface area contributed by atoms with Gasteiger partial charge in [-0.2, -0.15) is 4.98 Å². The highest BCUT2D eigenvalue weighted by atomic mass is 16.5. The van der Waals surface area contributed by atoms with Crippen molar-refractivity contribution in [2.24, 2.45) is 5.92 Å². The first kappa shape index (κ1) is 11.2. The van der Waals surface area contributed by atoms with Gasteiger partial charge in [0.25, 0.3) is 0 Å². The summed E-state index contributed by atoms with van der Waals surface area (Å²) < 4.78 is 5.11. The lowest BCUT2D eigenvalue weighted by Crippen LogP contribution is -2.22. The summed E-state index contributed by atoms with van der Waals surface area (Å²) in [6, 6.07) is 0.446. The third-order valence-electron chi connectivity index (χ3n) is 1.76. The van der Waals surface area contributed by atoms with Gasteiger partial charge in [0.05, 0.1) is 6.54 Å². The molecule has 4 heteroatoms. The lowest BCUT2D eigenvalue weighted by atomic mass is 10.1. The molecule has 14 heavy (non-hydrogen) atoms. The number of aromatic nitrogens is 2. The summed E-state index contributed by atoms with van der Waals surface area (Å²) in [6.07, 6.45) is 0.856. The van der Waals surface area contributed by atoms with Gasteiger partial charge >= 0.3 is 0 Å². The van der Waals surface area contributed by atoms with Crippen LogP contribution in [-0.2, 0) is 13.0 Å². The Kier molecular flexibility index (Phi) is 4.07. The Morgan fingerprint density at radius 3 is 2.57 bits per heavy atom. The Morgan fingerprint density at radius 1 is 1.29 bits per heavy atom. The molecule has 0 atom stereocenters. The Bertz CT molecular complexity index is 268. The van der Waals surface area contributed by atoms with Gasteiger partial charge in [-0.1, -0.05) is 32.9 Å². The van der Waals surface area contributed by atoms with E-state index in [1.807, 2.05) is 0 Å². The average Bonchev–Trinajstić information content (AvgIpc) is 2.47. The highest BCUT2D eigenvalue weighted by molar-refractivity contribution is 4.86. The van der Waals surface area contributed by atoms with Gasteiger partial charge < -0.3 is 9.84 Å². The van der Waals surface area contributed by atoms with Gasteiger partial charge in [-0.15, -0.1) is 0 Å². The summed E-state index contributed by atoms with van der Waals surface area (Å²) in [6.45, 7) is 9.13. The van der Waals surface area contributed by atoms with Gasteiger partial charge in [-0.3, -0.25) is 0 Å². The molecule has 0 aromatic carbocycles. The van der Waals surface area contributed by atoms with Gasteiger partial charge in [-0.25, -0.2) is 0 Å². The molecule has 4 nitrogen and oxygen atoms in total. The molecule has 80 valence electrons. The fraction of sp³-hybridized carbons (Fsp3) is 0.800. The van der Waals surface area contributed by atoms with E-state index in [-0.39, 0.29) is 0 Å². The van der Waals surface area contributed by atoms with E-state index >= 15 is 0 Å². The van der Waals surface area contributed by atoms with Crippen molar-refractivity contribution in [1.82, 2.24) is 15.5 Å². The third kappa shape index (κ3) is 3.87. The lowest BCUT2D eigenvalue weighted by molar-refractivity contribution is 0.357. The van der Waals surface area contributed by atoms with E-state index in [2.05, 4.69) is 43.2 Å². The van der Waals surface area contributed by atoms with Crippen LogP contribution < -0.4 is 5.32 Å². The normalized spacial score (nSPS) is 11.6. The monoisotopic (exact) mass is 197 g/mol. The molecule has 0 bridgehead atoms. The molecule has 0 spiro atoms. The van der Waals surface area contributed by atoms with Crippen LogP contribution in [-0.4, -0.2) is 16.2 Å². The van der Waals surface area contributed by atoms with Crippen molar-refractivity contribution < 1.29 is 4.52 Å². The molecule has 0 unspecified atom stereocenters. The Balaban J connectivity index is 2.42. The minimum Gasteiger partial charge on any atom is -0.339 e. The number of hydrogen-bond acceptors (Lipinski definition) is 4. The molecule has 0 aliphatic carbocycles. The molecule has 0 aliphatic rings. The first-order chi connectivity index (χ1) is 6.58. The molecule has 0 saturated heterocycles. The fourth-order valence-corrected chi connectivity index (χ4v) is 1.09. The zero-order chi connectivity index (χ0) is 10.6. The van der Waals surface area contributed by atoms with Crippen molar-refractivity contribution in [3.63, 3.8) is 0 Å². The SMILES string of the molecule is CC(C)Cc1nc(CNC(C)C)no1. The topological polar surface area (TPSA) is 51.0 Å². The summed E-state index contributed by atoms with van der Waals surface area (Å²) >= 11 is 0. The fourth-order valence-electron chi connectivity index (χ4n) is 1.09. The molecule has 0 aliphatic heterocycles. The lowest BCUT2D eigenvalue weighted by Gasteiger charge is -2.03. The molecule has 1 heterocycles. The molecule has 1 aromatic rings. The van der Waals surface area contributed by atoms with Crippen molar-refractivity contribution in [1.29, 1.82) is 0 Å². The van der Waals surface area contributed by atoms with Gasteiger partial charge in [0.2, 0.25) is 5.89 Å². The maximum atomic E-state index is 5.11. The minimum absolute atomic E-state index is 0.446. The Morgan fingerprint density at radius 2 is 2.00 bits per heavy atom. The molecule has 0 saturated carbocycles. The summed E-state index contributed by atoms with van der Waals surface area (Å²) in [7, 11) is 0. The van der Waals surface area contributed by atoms with Crippen LogP contribution in [0, 0.1) is 5.92 Å². The second-order valence-corrected chi connectivity index (χ2v) is 4.24. The highest BCUT2D eigenvalue weighted by Crippen LogP contribution is 2.05. The van der Waals surface area contributed by atoms with E-state index in [1.165, 1.54) is 0 Å². The standard InChI is InChI=1S/C10H19N3O/c1-7(2)5-10-12-9(13-14-10)6-11-8(3)4/h7-8,11H,5-6H2,1-4H3. The first-order valence-electron chi connectivity index (χ1n) is 5.12. The van der Waals surface area contributed by atoms with Crippen molar-refractivity contribution in [3.05, 3.63) is 11.7 Å². The Hall–Kier alpha value is -0.900. The van der Waals surface area contributed by atoms with Crippen LogP contribution in [0.5, 0.6) is 0 Å². The number of hydrogen-bond donors (Lipinski definition) is 1. The largest absolute Gasteiger partial charge is 0.339 e. The van der Waals surface area contributed by atoms with Crippen LogP contribution in [0.4, 0.5) is 0 Å². The second kappa shape index (κ2) is 5.10. The zero-order valence-corrected chi connectivity index (χ0v) is 9.37. The molecule has 0 fully saturated rings. The van der Waals surface area contributed by atoms with E-state index in [0.717, 1.165) is 18.1 Å².